The molecule has 0 fully saturated rings. The highest BCUT2D eigenvalue weighted by atomic mass is 79.9. The van der Waals surface area contributed by atoms with E-state index in [0.717, 1.165) is 4.47 Å². The van der Waals surface area contributed by atoms with Crippen LogP contribution in [0.5, 0.6) is 5.75 Å². The molecule has 110 valence electrons. The molecule has 1 heterocycles. The number of nitrogens with one attached hydrogen (secondary N) is 1. The van der Waals surface area contributed by atoms with E-state index >= 15 is 0 Å². The molecule has 0 atom stereocenters. The third-order valence-electron chi connectivity index (χ3n) is 2.38. The average Bonchev–Trinajstić information content (AvgIpc) is 2.82. The number of carbonyl (C=O) groups excluding carboxylic acids is 1. The van der Waals surface area contributed by atoms with Crippen LogP contribution >= 0.6 is 27.3 Å². The molecule has 0 aliphatic carbocycles. The second kappa shape index (κ2) is 6.68. The van der Waals surface area contributed by atoms with Gasteiger partial charge in [-0.25, -0.2) is 9.78 Å². The number of carboxylic acid groups (broad SMARTS) is 1. The summed E-state index contributed by atoms with van der Waals surface area (Å²) in [7, 11) is 0. The van der Waals surface area contributed by atoms with Crippen molar-refractivity contribution in [2.75, 3.05) is 5.32 Å². The molecular formula is C13H11BrN2O4S. The van der Waals surface area contributed by atoms with Gasteiger partial charge in [0.05, 0.1) is 5.69 Å². The lowest BCUT2D eigenvalue weighted by Gasteiger charge is -2.08. The summed E-state index contributed by atoms with van der Waals surface area (Å²) in [5, 5.41) is 13.9. The van der Waals surface area contributed by atoms with Crippen LogP contribution in [0.15, 0.2) is 28.1 Å². The molecule has 8 heteroatoms. The molecule has 0 saturated carbocycles. The number of ether oxygens (including phenoxy) is 1. The quantitative estimate of drug-likeness (QED) is 0.843. The molecule has 2 rings (SSSR count). The summed E-state index contributed by atoms with van der Waals surface area (Å²) in [6, 6.07) is 4.68. The van der Waals surface area contributed by atoms with Crippen molar-refractivity contribution in [1.29, 1.82) is 0 Å². The van der Waals surface area contributed by atoms with Gasteiger partial charge >= 0.3 is 5.97 Å². The molecule has 2 N–H and O–H groups in total. The van der Waals surface area contributed by atoms with Crippen LogP contribution in [0.2, 0.25) is 0 Å². The summed E-state index contributed by atoms with van der Waals surface area (Å²) in [5.41, 5.74) is 0.690. The Morgan fingerprint density at radius 1 is 1.48 bits per heavy atom. The number of aromatic carboxylic acids is 1. The zero-order valence-electron chi connectivity index (χ0n) is 10.9. The van der Waals surface area contributed by atoms with Crippen LogP contribution in [-0.4, -0.2) is 22.0 Å². The molecule has 0 saturated heterocycles. The molecule has 2 aromatic rings. The highest BCUT2D eigenvalue weighted by Gasteiger charge is 2.12. The summed E-state index contributed by atoms with van der Waals surface area (Å²) >= 11 is 4.55. The Morgan fingerprint density at radius 3 is 2.90 bits per heavy atom. The molecule has 0 bridgehead atoms. The van der Waals surface area contributed by atoms with E-state index < -0.39 is 5.97 Å². The molecule has 1 aromatic carbocycles. The van der Waals surface area contributed by atoms with Crippen LogP contribution in [0.1, 0.15) is 23.0 Å². The largest absolute Gasteiger partial charge is 0.486 e. The SMILES string of the molecule is CC(=O)Nc1nc(COc2cc(Br)ccc2C(=O)O)cs1. The number of carbonyl (C=O) groups is 2. The van der Waals surface area contributed by atoms with E-state index in [1.54, 1.807) is 17.5 Å². The summed E-state index contributed by atoms with van der Waals surface area (Å²) in [6.45, 7) is 1.52. The van der Waals surface area contributed by atoms with E-state index in [-0.39, 0.29) is 23.8 Å². The Kier molecular flexibility index (Phi) is 4.92. The number of amides is 1. The molecule has 1 amide bonds. The first-order valence-electron chi connectivity index (χ1n) is 5.83. The maximum Gasteiger partial charge on any atom is 0.339 e. The van der Waals surface area contributed by atoms with E-state index in [4.69, 9.17) is 9.84 Å². The summed E-state index contributed by atoms with van der Waals surface area (Å²) in [4.78, 5) is 26.2. The number of aromatic nitrogens is 1. The molecule has 0 aliphatic heterocycles. The molecular weight excluding hydrogens is 360 g/mol. The molecule has 1 aromatic heterocycles. The van der Waals surface area contributed by atoms with E-state index in [0.29, 0.717) is 10.8 Å². The fourth-order valence-corrected chi connectivity index (χ4v) is 2.61. The Bertz CT molecular complexity index is 687. The first kappa shape index (κ1) is 15.5. The van der Waals surface area contributed by atoms with Gasteiger partial charge in [-0.15, -0.1) is 11.3 Å². The van der Waals surface area contributed by atoms with Crippen LogP contribution in [0.25, 0.3) is 0 Å². The van der Waals surface area contributed by atoms with Gasteiger partial charge in [-0.3, -0.25) is 4.79 Å². The predicted molar refractivity (Wildman–Crippen MR) is 81.9 cm³/mol. The van der Waals surface area contributed by atoms with Crippen LogP contribution in [-0.2, 0) is 11.4 Å². The van der Waals surface area contributed by atoms with Crippen molar-refractivity contribution in [2.45, 2.75) is 13.5 Å². The molecule has 0 aliphatic rings. The van der Waals surface area contributed by atoms with Gasteiger partial charge in [0.1, 0.15) is 17.9 Å². The number of halogens is 1. The van der Waals surface area contributed by atoms with Gasteiger partial charge in [0.25, 0.3) is 0 Å². The number of hydrogen-bond donors (Lipinski definition) is 2. The topological polar surface area (TPSA) is 88.5 Å². The molecule has 6 nitrogen and oxygen atoms in total. The fourth-order valence-electron chi connectivity index (χ4n) is 1.53. The van der Waals surface area contributed by atoms with Gasteiger partial charge in [-0.1, -0.05) is 15.9 Å². The average molecular weight is 371 g/mol. The summed E-state index contributed by atoms with van der Waals surface area (Å²) in [6.07, 6.45) is 0. The van der Waals surface area contributed by atoms with Crippen molar-refractivity contribution in [1.82, 2.24) is 4.98 Å². The monoisotopic (exact) mass is 370 g/mol. The highest BCUT2D eigenvalue weighted by molar-refractivity contribution is 9.10. The Balaban J connectivity index is 2.09. The second-order valence-corrected chi connectivity index (χ2v) is 5.83. The van der Waals surface area contributed by atoms with Crippen LogP contribution in [0.3, 0.4) is 0 Å². The van der Waals surface area contributed by atoms with Crippen molar-refractivity contribution in [3.63, 3.8) is 0 Å². The minimum atomic E-state index is -1.06. The third kappa shape index (κ3) is 4.27. The molecule has 0 radical (unpaired) electrons. The van der Waals surface area contributed by atoms with E-state index in [1.165, 1.54) is 24.3 Å². The first-order valence-corrected chi connectivity index (χ1v) is 7.50. The lowest BCUT2D eigenvalue weighted by molar-refractivity contribution is -0.114. The lowest BCUT2D eigenvalue weighted by Crippen LogP contribution is -2.06. The minimum absolute atomic E-state index is 0.0792. The summed E-state index contributed by atoms with van der Waals surface area (Å²) < 4.78 is 6.23. The second-order valence-electron chi connectivity index (χ2n) is 4.06. The standard InChI is InChI=1S/C13H11BrN2O4S/c1-7(17)15-13-16-9(6-21-13)5-20-11-4-8(14)2-3-10(11)12(18)19/h2-4,6H,5H2,1H3,(H,18,19)(H,15,16,17). The molecule has 0 unspecified atom stereocenters. The van der Waals surface area contributed by atoms with E-state index in [2.05, 4.69) is 26.2 Å². The first-order chi connectivity index (χ1) is 9.95. The lowest BCUT2D eigenvalue weighted by atomic mass is 10.2. The number of anilines is 1. The third-order valence-corrected chi connectivity index (χ3v) is 3.68. The van der Waals surface area contributed by atoms with Crippen molar-refractivity contribution < 1.29 is 19.4 Å². The van der Waals surface area contributed by atoms with Gasteiger partial charge < -0.3 is 15.2 Å². The van der Waals surface area contributed by atoms with Gasteiger partial charge in [-0.2, -0.15) is 0 Å². The van der Waals surface area contributed by atoms with Crippen LogP contribution in [0, 0.1) is 0 Å². The summed E-state index contributed by atoms with van der Waals surface area (Å²) in [5.74, 6) is -1.00. The predicted octanol–water partition coefficient (Wildman–Crippen LogP) is 3.14. The van der Waals surface area contributed by atoms with Gasteiger partial charge in [0.2, 0.25) is 5.91 Å². The number of rotatable bonds is 5. The van der Waals surface area contributed by atoms with Crippen molar-refractivity contribution in [2.24, 2.45) is 0 Å². The number of nitrogens with zero attached hydrogens (tertiary/aromatic N) is 1. The minimum Gasteiger partial charge on any atom is -0.486 e. The normalized spacial score (nSPS) is 10.2. The smallest absolute Gasteiger partial charge is 0.339 e. The van der Waals surface area contributed by atoms with Crippen molar-refractivity contribution >= 4 is 44.3 Å². The zero-order chi connectivity index (χ0) is 15.4. The number of hydrogen-bond acceptors (Lipinski definition) is 5. The number of thiazole rings is 1. The maximum atomic E-state index is 11.1. The maximum absolute atomic E-state index is 11.1. The van der Waals surface area contributed by atoms with E-state index in [1.807, 2.05) is 0 Å². The van der Waals surface area contributed by atoms with Crippen LogP contribution < -0.4 is 10.1 Å². The Morgan fingerprint density at radius 2 is 2.24 bits per heavy atom. The van der Waals surface area contributed by atoms with Crippen molar-refractivity contribution in [3.8, 4) is 5.75 Å². The van der Waals surface area contributed by atoms with Crippen LogP contribution in [0.4, 0.5) is 5.13 Å². The number of benzene rings is 1. The highest BCUT2D eigenvalue weighted by Crippen LogP contribution is 2.25. The molecule has 0 spiro atoms. The number of carboxylic acids is 1. The Hall–Kier alpha value is -1.93. The zero-order valence-corrected chi connectivity index (χ0v) is 13.3. The Labute approximate surface area is 132 Å². The van der Waals surface area contributed by atoms with Gasteiger partial charge in [0, 0.05) is 16.8 Å². The van der Waals surface area contributed by atoms with Crippen molar-refractivity contribution in [3.05, 3.63) is 39.3 Å². The van der Waals surface area contributed by atoms with Gasteiger partial charge in [0.15, 0.2) is 5.13 Å². The van der Waals surface area contributed by atoms with E-state index in [9.17, 15) is 9.59 Å². The fraction of sp³-hybridized carbons (Fsp3) is 0.154. The van der Waals surface area contributed by atoms with Gasteiger partial charge in [-0.05, 0) is 18.2 Å². The molecule has 21 heavy (non-hydrogen) atoms.